The normalized spacial score (nSPS) is 10.6. The van der Waals surface area contributed by atoms with Gasteiger partial charge in [0.2, 0.25) is 5.95 Å². The number of hydrogen-bond acceptors (Lipinski definition) is 5. The van der Waals surface area contributed by atoms with E-state index in [-0.39, 0.29) is 0 Å². The van der Waals surface area contributed by atoms with Crippen molar-refractivity contribution in [1.29, 1.82) is 0 Å². The minimum atomic E-state index is 0.624. The molecular formula is C16H15N3OS. The summed E-state index contributed by atoms with van der Waals surface area (Å²) in [4.78, 5) is 10.1. The van der Waals surface area contributed by atoms with Crippen LogP contribution >= 0.6 is 11.8 Å². The van der Waals surface area contributed by atoms with Gasteiger partial charge < -0.3 is 10.1 Å². The molecule has 0 amide bonds. The van der Waals surface area contributed by atoms with E-state index in [0.717, 1.165) is 26.6 Å². The van der Waals surface area contributed by atoms with Crippen molar-refractivity contribution < 1.29 is 4.74 Å². The number of ether oxygens (including phenoxy) is 1. The number of benzene rings is 2. The summed E-state index contributed by atoms with van der Waals surface area (Å²) in [5.74, 6) is 1.46. The summed E-state index contributed by atoms with van der Waals surface area (Å²) in [6.07, 6.45) is 0. The Balaban J connectivity index is 2.06. The molecule has 0 aliphatic heterocycles. The highest BCUT2D eigenvalue weighted by Gasteiger charge is 2.09. The van der Waals surface area contributed by atoms with E-state index in [0.29, 0.717) is 5.95 Å². The van der Waals surface area contributed by atoms with E-state index in [9.17, 15) is 0 Å². The average Bonchev–Trinajstić information content (AvgIpc) is 2.55. The smallest absolute Gasteiger partial charge is 0.224 e. The van der Waals surface area contributed by atoms with Gasteiger partial charge in [0, 0.05) is 17.3 Å². The van der Waals surface area contributed by atoms with E-state index in [1.165, 1.54) is 0 Å². The first-order valence-electron chi connectivity index (χ1n) is 6.56. The van der Waals surface area contributed by atoms with E-state index < -0.39 is 0 Å². The Morgan fingerprint density at radius 1 is 1.05 bits per heavy atom. The molecule has 1 aromatic heterocycles. The van der Waals surface area contributed by atoms with Crippen molar-refractivity contribution in [3.8, 4) is 5.75 Å². The van der Waals surface area contributed by atoms with Gasteiger partial charge in [-0.25, -0.2) is 9.97 Å². The van der Waals surface area contributed by atoms with E-state index in [2.05, 4.69) is 15.3 Å². The SMILES string of the molecule is CNc1nc(Sc2cccc(OC)c2)c2ccccc2n1. The highest BCUT2D eigenvalue weighted by molar-refractivity contribution is 7.99. The lowest BCUT2D eigenvalue weighted by atomic mass is 10.2. The molecule has 21 heavy (non-hydrogen) atoms. The van der Waals surface area contributed by atoms with Crippen LogP contribution < -0.4 is 10.1 Å². The molecule has 4 nitrogen and oxygen atoms in total. The number of nitrogens with zero attached hydrogens (tertiary/aromatic N) is 2. The minimum absolute atomic E-state index is 0.624. The lowest BCUT2D eigenvalue weighted by Gasteiger charge is -2.08. The van der Waals surface area contributed by atoms with Crippen LogP contribution in [0.4, 0.5) is 5.95 Å². The van der Waals surface area contributed by atoms with Crippen LogP contribution in [0.15, 0.2) is 58.5 Å². The van der Waals surface area contributed by atoms with Gasteiger partial charge in [-0.05, 0) is 24.3 Å². The predicted molar refractivity (Wildman–Crippen MR) is 86.2 cm³/mol. The van der Waals surface area contributed by atoms with Gasteiger partial charge in [-0.1, -0.05) is 36.0 Å². The first-order chi connectivity index (χ1) is 10.3. The maximum absolute atomic E-state index is 5.27. The highest BCUT2D eigenvalue weighted by Crippen LogP contribution is 2.33. The number of nitrogens with one attached hydrogen (secondary N) is 1. The molecule has 0 saturated heterocycles. The molecule has 5 heteroatoms. The fourth-order valence-electron chi connectivity index (χ4n) is 2.01. The van der Waals surface area contributed by atoms with Crippen molar-refractivity contribution in [2.45, 2.75) is 9.92 Å². The topological polar surface area (TPSA) is 47.0 Å². The van der Waals surface area contributed by atoms with Gasteiger partial charge >= 0.3 is 0 Å². The number of aromatic nitrogens is 2. The van der Waals surface area contributed by atoms with Crippen LogP contribution in [0.1, 0.15) is 0 Å². The van der Waals surface area contributed by atoms with Gasteiger partial charge in [-0.15, -0.1) is 0 Å². The third-order valence-corrected chi connectivity index (χ3v) is 4.04. The summed E-state index contributed by atoms with van der Waals surface area (Å²) in [7, 11) is 3.49. The Kier molecular flexibility index (Phi) is 3.92. The Bertz CT molecular complexity index is 776. The van der Waals surface area contributed by atoms with Crippen molar-refractivity contribution in [2.75, 3.05) is 19.5 Å². The summed E-state index contributed by atoms with van der Waals surface area (Å²) >= 11 is 1.61. The molecule has 3 rings (SSSR count). The van der Waals surface area contributed by atoms with Crippen molar-refractivity contribution in [3.63, 3.8) is 0 Å². The van der Waals surface area contributed by atoms with Crippen molar-refractivity contribution >= 4 is 28.6 Å². The average molecular weight is 297 g/mol. The maximum Gasteiger partial charge on any atom is 0.224 e. The quantitative estimate of drug-likeness (QED) is 0.742. The highest BCUT2D eigenvalue weighted by atomic mass is 32.2. The van der Waals surface area contributed by atoms with Crippen LogP contribution in [0.3, 0.4) is 0 Å². The number of fused-ring (bicyclic) bond motifs is 1. The Hall–Kier alpha value is -2.27. The maximum atomic E-state index is 5.27. The zero-order valence-electron chi connectivity index (χ0n) is 11.8. The molecular weight excluding hydrogens is 282 g/mol. The summed E-state index contributed by atoms with van der Waals surface area (Å²) < 4.78 is 5.27. The number of methoxy groups -OCH3 is 1. The largest absolute Gasteiger partial charge is 0.497 e. The molecule has 0 unspecified atom stereocenters. The molecule has 0 spiro atoms. The van der Waals surface area contributed by atoms with Crippen molar-refractivity contribution in [2.24, 2.45) is 0 Å². The lowest BCUT2D eigenvalue weighted by molar-refractivity contribution is 0.413. The van der Waals surface area contributed by atoms with Gasteiger partial charge in [-0.3, -0.25) is 0 Å². The van der Waals surface area contributed by atoms with Crippen LogP contribution in [-0.4, -0.2) is 24.1 Å². The Morgan fingerprint density at radius 3 is 2.71 bits per heavy atom. The van der Waals surface area contributed by atoms with Crippen molar-refractivity contribution in [1.82, 2.24) is 9.97 Å². The summed E-state index contributed by atoms with van der Waals surface area (Å²) in [6, 6.07) is 16.0. The predicted octanol–water partition coefficient (Wildman–Crippen LogP) is 3.83. The van der Waals surface area contributed by atoms with Crippen LogP contribution in [0.2, 0.25) is 0 Å². The molecule has 0 bridgehead atoms. The molecule has 0 atom stereocenters. The van der Waals surface area contributed by atoms with Crippen LogP contribution in [0.5, 0.6) is 5.75 Å². The van der Waals surface area contributed by atoms with Crippen LogP contribution in [0, 0.1) is 0 Å². The molecule has 1 N–H and O–H groups in total. The second-order valence-electron chi connectivity index (χ2n) is 4.40. The molecule has 106 valence electrons. The molecule has 0 aliphatic rings. The molecule has 0 saturated carbocycles. The summed E-state index contributed by atoms with van der Waals surface area (Å²) in [5.41, 5.74) is 0.933. The number of hydrogen-bond donors (Lipinski definition) is 1. The summed E-state index contributed by atoms with van der Waals surface area (Å²) in [5, 5.41) is 4.98. The molecule has 0 aliphatic carbocycles. The number of anilines is 1. The first-order valence-corrected chi connectivity index (χ1v) is 7.38. The van der Waals surface area contributed by atoms with Crippen LogP contribution in [0.25, 0.3) is 10.9 Å². The number of rotatable bonds is 4. The Morgan fingerprint density at radius 2 is 1.90 bits per heavy atom. The van der Waals surface area contributed by atoms with Crippen molar-refractivity contribution in [3.05, 3.63) is 48.5 Å². The molecule has 0 fully saturated rings. The standard InChI is InChI=1S/C16H15N3OS/c1-17-16-18-14-9-4-3-8-13(14)15(19-16)21-12-7-5-6-11(10-12)20-2/h3-10H,1-2H3,(H,17,18,19). The third-order valence-electron chi connectivity index (χ3n) is 3.05. The van der Waals surface area contributed by atoms with E-state index in [1.807, 2.05) is 55.6 Å². The van der Waals surface area contributed by atoms with Gasteiger partial charge in [0.1, 0.15) is 10.8 Å². The fourth-order valence-corrected chi connectivity index (χ4v) is 2.97. The second kappa shape index (κ2) is 6.01. The minimum Gasteiger partial charge on any atom is -0.497 e. The number of para-hydroxylation sites is 1. The molecule has 2 aromatic carbocycles. The third kappa shape index (κ3) is 2.92. The monoisotopic (exact) mass is 297 g/mol. The second-order valence-corrected chi connectivity index (χ2v) is 5.46. The van der Waals surface area contributed by atoms with E-state index in [1.54, 1.807) is 18.9 Å². The van der Waals surface area contributed by atoms with Gasteiger partial charge in [-0.2, -0.15) is 0 Å². The van der Waals surface area contributed by atoms with Gasteiger partial charge in [0.05, 0.1) is 12.6 Å². The lowest BCUT2D eigenvalue weighted by Crippen LogP contribution is -1.98. The fraction of sp³-hybridized carbons (Fsp3) is 0.125. The van der Waals surface area contributed by atoms with Crippen LogP contribution in [-0.2, 0) is 0 Å². The van der Waals surface area contributed by atoms with Gasteiger partial charge in [0.25, 0.3) is 0 Å². The Labute approximate surface area is 127 Å². The van der Waals surface area contributed by atoms with E-state index in [4.69, 9.17) is 4.74 Å². The summed E-state index contributed by atoms with van der Waals surface area (Å²) in [6.45, 7) is 0. The zero-order chi connectivity index (χ0) is 14.7. The van der Waals surface area contributed by atoms with Gasteiger partial charge in [0.15, 0.2) is 0 Å². The first kappa shape index (κ1) is 13.7. The molecule has 3 aromatic rings. The van der Waals surface area contributed by atoms with E-state index >= 15 is 0 Å². The molecule has 0 radical (unpaired) electrons. The zero-order valence-corrected chi connectivity index (χ0v) is 12.6. The molecule has 1 heterocycles.